The van der Waals surface area contributed by atoms with Crippen LogP contribution in [-0.2, 0) is 43.6 Å². The summed E-state index contributed by atoms with van der Waals surface area (Å²) in [5.41, 5.74) is 6.08. The van der Waals surface area contributed by atoms with Gasteiger partial charge in [0.05, 0.1) is 37.3 Å². The molecule has 2 fully saturated rings. The number of carboxylic acids is 1. The summed E-state index contributed by atoms with van der Waals surface area (Å²) >= 11 is 1.58. The molecule has 0 aromatic heterocycles. The number of carbonyl (C=O) groups is 4. The van der Waals surface area contributed by atoms with Gasteiger partial charge in [0.15, 0.2) is 6.29 Å². The van der Waals surface area contributed by atoms with E-state index in [4.69, 9.17) is 14.2 Å². The first-order chi connectivity index (χ1) is 27.2. The van der Waals surface area contributed by atoms with Gasteiger partial charge in [0.2, 0.25) is 5.91 Å². The molecule has 3 N–H and O–H groups in total. The fraction of sp³-hybridized carbons (Fsp3) is 0.227. The van der Waals surface area contributed by atoms with E-state index in [0.717, 1.165) is 43.8 Å². The van der Waals surface area contributed by atoms with Gasteiger partial charge in [-0.1, -0.05) is 103 Å². The van der Waals surface area contributed by atoms with E-state index in [2.05, 4.69) is 5.32 Å². The average Bonchev–Trinajstić information content (AvgIpc) is 3.49. The Morgan fingerprint density at radius 2 is 1.50 bits per heavy atom. The third-order valence-corrected chi connectivity index (χ3v) is 10.9. The number of imide groups is 1. The van der Waals surface area contributed by atoms with Crippen LogP contribution in [0.15, 0.2) is 132 Å². The van der Waals surface area contributed by atoms with Gasteiger partial charge >= 0.3 is 12.1 Å². The van der Waals surface area contributed by atoms with Gasteiger partial charge in [0, 0.05) is 22.6 Å². The molecule has 0 bridgehead atoms. The number of ether oxygens (including phenoxy) is 3. The smallest absolute Gasteiger partial charge is 0.408 e. The van der Waals surface area contributed by atoms with Crippen LogP contribution < -0.4 is 5.32 Å². The van der Waals surface area contributed by atoms with Gasteiger partial charge in [0.1, 0.15) is 12.6 Å². The minimum atomic E-state index is -1.01. The Morgan fingerprint density at radius 1 is 0.804 bits per heavy atom. The van der Waals surface area contributed by atoms with E-state index in [0.29, 0.717) is 12.2 Å². The first-order valence-corrected chi connectivity index (χ1v) is 19.2. The van der Waals surface area contributed by atoms with Crippen LogP contribution in [0, 0.1) is 0 Å². The molecule has 0 aliphatic carbocycles. The maximum atomic E-state index is 13.3. The van der Waals surface area contributed by atoms with Crippen molar-refractivity contribution >= 4 is 35.6 Å². The monoisotopic (exact) mass is 772 g/mol. The Balaban J connectivity index is 1.03. The normalized spacial score (nSPS) is 19.5. The van der Waals surface area contributed by atoms with Crippen molar-refractivity contribution < 1.29 is 43.6 Å². The third-order valence-electron chi connectivity index (χ3n) is 9.74. The highest BCUT2D eigenvalue weighted by molar-refractivity contribution is 7.99. The number of carbonyl (C=O) groups excluding carboxylic acids is 3. The number of thioether (sulfide) groups is 1. The molecule has 2 aliphatic rings. The zero-order valence-corrected chi connectivity index (χ0v) is 31.1. The molecule has 4 atom stereocenters. The van der Waals surface area contributed by atoms with Crippen molar-refractivity contribution in [3.63, 3.8) is 0 Å². The number of hydrogen-bond donors (Lipinski definition) is 3. The summed E-state index contributed by atoms with van der Waals surface area (Å²) < 4.78 is 18.3. The molecular formula is C44H40N2O9S. The fourth-order valence-electron chi connectivity index (χ4n) is 6.70. The summed E-state index contributed by atoms with van der Waals surface area (Å²) in [5, 5.41) is 21.4. The molecule has 0 saturated carbocycles. The van der Waals surface area contributed by atoms with Gasteiger partial charge in [-0.3, -0.25) is 14.5 Å². The standard InChI is InChI=1S/C44H40N2O9S/c47-25-28-10-12-31(13-11-28)39-22-35(27-56-36-20-18-32(19-21-36)42(50)51)54-43(55-39)33-16-14-30(15-17-33)37-9-5-4-8-34(37)24-46-40(48)23-38(41(46)49)45-44(52)53-26-29-6-2-1-3-7-29/h1-21,35,38-39,43,47H,22-27H2,(H,45,52)(H,50,51). The Kier molecular flexibility index (Phi) is 12.2. The molecule has 12 heteroatoms. The molecule has 2 aliphatic heterocycles. The molecule has 5 aromatic rings. The Morgan fingerprint density at radius 3 is 2.21 bits per heavy atom. The fourth-order valence-corrected chi connectivity index (χ4v) is 7.63. The molecule has 11 nitrogen and oxygen atoms in total. The SMILES string of the molecule is O=C(NC1CC(=O)N(Cc2ccccc2-c2ccc(C3OC(CSc4ccc(C(=O)O)cc4)CC(c4ccc(CO)cc4)O3)cc2)C1=O)OCc1ccccc1. The molecule has 7 rings (SSSR count). The highest BCUT2D eigenvalue weighted by Crippen LogP contribution is 2.40. The predicted octanol–water partition coefficient (Wildman–Crippen LogP) is 7.44. The Bertz CT molecular complexity index is 2160. The van der Waals surface area contributed by atoms with E-state index in [1.807, 2.05) is 103 Å². The van der Waals surface area contributed by atoms with Crippen LogP contribution in [0.2, 0.25) is 0 Å². The lowest BCUT2D eigenvalue weighted by Crippen LogP contribution is -2.41. The number of rotatable bonds is 13. The highest BCUT2D eigenvalue weighted by atomic mass is 32.2. The number of aliphatic hydroxyl groups is 1. The second-order valence-electron chi connectivity index (χ2n) is 13.6. The van der Waals surface area contributed by atoms with Crippen molar-refractivity contribution in [3.05, 3.63) is 161 Å². The lowest BCUT2D eigenvalue weighted by molar-refractivity contribution is -0.245. The van der Waals surface area contributed by atoms with E-state index in [1.54, 1.807) is 36.0 Å². The molecule has 0 spiro atoms. The van der Waals surface area contributed by atoms with Crippen LogP contribution in [0.1, 0.15) is 63.4 Å². The minimum Gasteiger partial charge on any atom is -0.478 e. The molecule has 56 heavy (non-hydrogen) atoms. The van der Waals surface area contributed by atoms with Crippen molar-refractivity contribution in [1.29, 1.82) is 0 Å². The van der Waals surface area contributed by atoms with Gasteiger partial charge < -0.3 is 29.7 Å². The van der Waals surface area contributed by atoms with Crippen molar-refractivity contribution in [2.45, 2.75) is 62.0 Å². The number of amides is 3. The maximum absolute atomic E-state index is 13.3. The lowest BCUT2D eigenvalue weighted by atomic mass is 9.97. The Hall–Kier alpha value is -5.79. The zero-order chi connectivity index (χ0) is 39.0. The van der Waals surface area contributed by atoms with Gasteiger partial charge in [-0.2, -0.15) is 0 Å². The number of aliphatic hydroxyl groups excluding tert-OH is 1. The minimum absolute atomic E-state index is 0.0385. The van der Waals surface area contributed by atoms with Crippen LogP contribution in [0.5, 0.6) is 0 Å². The van der Waals surface area contributed by atoms with E-state index in [9.17, 15) is 29.4 Å². The maximum Gasteiger partial charge on any atom is 0.408 e. The topological polar surface area (TPSA) is 152 Å². The number of alkyl carbamates (subject to hydrolysis) is 1. The molecule has 4 unspecified atom stereocenters. The van der Waals surface area contributed by atoms with E-state index in [1.165, 1.54) is 4.90 Å². The number of likely N-dealkylation sites (tertiary alicyclic amines) is 1. The average molecular weight is 773 g/mol. The third kappa shape index (κ3) is 9.35. The van der Waals surface area contributed by atoms with Crippen LogP contribution in [0.25, 0.3) is 11.1 Å². The first-order valence-electron chi connectivity index (χ1n) is 18.2. The number of benzene rings is 5. The molecule has 2 heterocycles. The van der Waals surface area contributed by atoms with Crippen LogP contribution in [-0.4, -0.2) is 56.9 Å². The van der Waals surface area contributed by atoms with Crippen molar-refractivity contribution in [2.75, 3.05) is 5.75 Å². The summed E-state index contributed by atoms with van der Waals surface area (Å²) in [4.78, 5) is 52.2. The van der Waals surface area contributed by atoms with E-state index < -0.39 is 30.3 Å². The van der Waals surface area contributed by atoms with Gasteiger partial charge in [-0.15, -0.1) is 11.8 Å². The van der Waals surface area contributed by atoms with Gasteiger partial charge in [-0.05, 0) is 57.6 Å². The van der Waals surface area contributed by atoms with Crippen molar-refractivity contribution in [3.8, 4) is 11.1 Å². The Labute approximate surface area is 328 Å². The second kappa shape index (κ2) is 17.8. The first kappa shape index (κ1) is 38.5. The van der Waals surface area contributed by atoms with Gasteiger partial charge in [0.25, 0.3) is 5.91 Å². The summed E-state index contributed by atoms with van der Waals surface area (Å²) in [5.74, 6) is -1.23. The molecule has 0 radical (unpaired) electrons. The number of carboxylic acid groups (broad SMARTS) is 1. The van der Waals surface area contributed by atoms with Gasteiger partial charge in [-0.25, -0.2) is 9.59 Å². The second-order valence-corrected chi connectivity index (χ2v) is 14.6. The van der Waals surface area contributed by atoms with Crippen LogP contribution in [0.3, 0.4) is 0 Å². The van der Waals surface area contributed by atoms with E-state index in [-0.39, 0.29) is 49.9 Å². The van der Waals surface area contributed by atoms with Crippen molar-refractivity contribution in [2.24, 2.45) is 0 Å². The number of nitrogens with zero attached hydrogens (tertiary/aromatic N) is 1. The number of aromatic carboxylic acids is 1. The summed E-state index contributed by atoms with van der Waals surface area (Å²) in [6.07, 6.45) is -1.47. The predicted molar refractivity (Wildman–Crippen MR) is 208 cm³/mol. The molecular weight excluding hydrogens is 733 g/mol. The van der Waals surface area contributed by atoms with Crippen LogP contribution >= 0.6 is 11.8 Å². The summed E-state index contributed by atoms with van der Waals surface area (Å²) in [7, 11) is 0. The van der Waals surface area contributed by atoms with Crippen molar-refractivity contribution in [1.82, 2.24) is 10.2 Å². The molecule has 5 aromatic carbocycles. The zero-order valence-electron chi connectivity index (χ0n) is 30.3. The largest absolute Gasteiger partial charge is 0.478 e. The van der Waals surface area contributed by atoms with E-state index >= 15 is 0 Å². The summed E-state index contributed by atoms with van der Waals surface area (Å²) in [6.45, 7) is 0.0282. The number of hydrogen-bond acceptors (Lipinski definition) is 9. The molecule has 2 saturated heterocycles. The lowest BCUT2D eigenvalue weighted by Gasteiger charge is -2.36. The number of nitrogens with one attached hydrogen (secondary N) is 1. The quantitative estimate of drug-likeness (QED) is 0.0814. The molecule has 3 amide bonds. The highest BCUT2D eigenvalue weighted by Gasteiger charge is 2.40. The molecule has 286 valence electrons. The van der Waals surface area contributed by atoms with Crippen LogP contribution in [0.4, 0.5) is 4.79 Å². The summed E-state index contributed by atoms with van der Waals surface area (Å²) in [6, 6.07) is 37.9.